The Morgan fingerprint density at radius 1 is 0.773 bits per heavy atom. The second-order valence-corrected chi connectivity index (χ2v) is 6.69. The van der Waals surface area contributed by atoms with Gasteiger partial charge in [-0.05, 0) is 38.5 Å². The summed E-state index contributed by atoms with van der Waals surface area (Å²) in [5, 5.41) is 0. The molecule has 0 amide bonds. The summed E-state index contributed by atoms with van der Waals surface area (Å²) in [7, 11) is 0. The molecule has 6 unspecified atom stereocenters. The summed E-state index contributed by atoms with van der Waals surface area (Å²) in [6.07, 6.45) is 6.47. The normalized spacial score (nSPS) is 41.8. The molecule has 2 aliphatic carbocycles. The fraction of sp³-hybridized carbons (Fsp3) is 0.875. The van der Waals surface area contributed by atoms with E-state index in [4.69, 9.17) is 18.9 Å². The first kappa shape index (κ1) is 14.5. The molecule has 6 nitrogen and oxygen atoms in total. The van der Waals surface area contributed by atoms with Gasteiger partial charge in [0.05, 0.1) is 36.3 Å². The van der Waals surface area contributed by atoms with Gasteiger partial charge >= 0.3 is 11.9 Å². The quantitative estimate of drug-likeness (QED) is 0.431. The molecule has 2 saturated heterocycles. The van der Waals surface area contributed by atoms with Crippen LogP contribution in [0.5, 0.6) is 0 Å². The summed E-state index contributed by atoms with van der Waals surface area (Å²) < 4.78 is 21.4. The zero-order chi connectivity index (χ0) is 15.1. The third-order valence-corrected chi connectivity index (χ3v) is 5.22. The summed E-state index contributed by atoms with van der Waals surface area (Å²) in [5.74, 6) is -0.695. The van der Waals surface area contributed by atoms with E-state index >= 15 is 0 Å². The van der Waals surface area contributed by atoms with Crippen LogP contribution in [0.1, 0.15) is 38.5 Å². The molecule has 0 radical (unpaired) electrons. The second kappa shape index (κ2) is 5.81. The van der Waals surface area contributed by atoms with Gasteiger partial charge in [0.25, 0.3) is 0 Å². The van der Waals surface area contributed by atoms with Crippen molar-refractivity contribution in [2.45, 2.75) is 62.9 Å². The Hall–Kier alpha value is -1.14. The van der Waals surface area contributed by atoms with Crippen LogP contribution in [0.15, 0.2) is 0 Å². The molecule has 0 bridgehead atoms. The van der Waals surface area contributed by atoms with E-state index < -0.39 is 0 Å². The number of esters is 2. The van der Waals surface area contributed by atoms with Crippen LogP contribution < -0.4 is 0 Å². The van der Waals surface area contributed by atoms with Crippen molar-refractivity contribution in [3.8, 4) is 0 Å². The van der Waals surface area contributed by atoms with Crippen LogP contribution in [-0.4, -0.2) is 49.6 Å². The van der Waals surface area contributed by atoms with Crippen LogP contribution in [0.2, 0.25) is 0 Å². The number of fused-ring (bicyclic) bond motifs is 2. The smallest absolute Gasteiger partial charge is 0.311 e. The van der Waals surface area contributed by atoms with E-state index in [0.29, 0.717) is 0 Å². The van der Waals surface area contributed by atoms with Crippen LogP contribution >= 0.6 is 0 Å². The maximum atomic E-state index is 12.0. The zero-order valence-corrected chi connectivity index (χ0v) is 12.6. The largest absolute Gasteiger partial charge is 0.462 e. The van der Waals surface area contributed by atoms with Gasteiger partial charge in [-0.1, -0.05) is 0 Å². The number of rotatable bonds is 5. The highest BCUT2D eigenvalue weighted by molar-refractivity contribution is 5.74. The Bertz CT molecular complexity index is 422. The molecule has 6 heteroatoms. The first-order valence-electron chi connectivity index (χ1n) is 8.38. The van der Waals surface area contributed by atoms with Crippen molar-refractivity contribution in [3.05, 3.63) is 0 Å². The van der Waals surface area contributed by atoms with Crippen molar-refractivity contribution in [1.29, 1.82) is 0 Å². The maximum absolute atomic E-state index is 12.0. The van der Waals surface area contributed by atoms with Crippen LogP contribution in [0, 0.1) is 11.8 Å². The molecule has 22 heavy (non-hydrogen) atoms. The molecule has 0 aromatic heterocycles. The van der Waals surface area contributed by atoms with Gasteiger partial charge in [-0.25, -0.2) is 0 Å². The Morgan fingerprint density at radius 3 is 1.68 bits per heavy atom. The molecule has 0 aromatic carbocycles. The third-order valence-electron chi connectivity index (χ3n) is 5.22. The monoisotopic (exact) mass is 310 g/mol. The van der Waals surface area contributed by atoms with Crippen LogP contribution in [-0.2, 0) is 28.5 Å². The molecule has 2 aliphatic heterocycles. The van der Waals surface area contributed by atoms with Gasteiger partial charge in [0.2, 0.25) is 0 Å². The van der Waals surface area contributed by atoms with E-state index in [1.807, 2.05) is 0 Å². The lowest BCUT2D eigenvalue weighted by Gasteiger charge is -2.18. The minimum Gasteiger partial charge on any atom is -0.462 e. The first-order chi connectivity index (χ1) is 10.7. The molecule has 122 valence electrons. The lowest BCUT2D eigenvalue weighted by Crippen LogP contribution is -2.30. The average Bonchev–Trinajstić information content (AvgIpc) is 3.42. The molecule has 0 N–H and O–H groups in total. The molecule has 6 atom stereocenters. The van der Waals surface area contributed by atoms with E-state index in [1.54, 1.807) is 0 Å². The summed E-state index contributed by atoms with van der Waals surface area (Å²) in [6, 6.07) is 0. The molecule has 0 spiro atoms. The SMILES string of the molecule is O=C(OCCOC(=O)C1CCCC2OC21)C1CCCC2OC21. The Kier molecular flexibility index (Phi) is 3.82. The van der Waals surface area contributed by atoms with E-state index in [2.05, 4.69) is 0 Å². The summed E-state index contributed by atoms with van der Waals surface area (Å²) in [4.78, 5) is 24.0. The lowest BCUT2D eigenvalue weighted by molar-refractivity contribution is -0.158. The molecule has 0 aromatic rings. The van der Waals surface area contributed by atoms with Gasteiger partial charge in [-0.3, -0.25) is 9.59 Å². The summed E-state index contributed by atoms with van der Waals surface area (Å²) in [6.45, 7) is 0.250. The van der Waals surface area contributed by atoms with Crippen molar-refractivity contribution < 1.29 is 28.5 Å². The zero-order valence-electron chi connectivity index (χ0n) is 12.6. The molecule has 2 heterocycles. The second-order valence-electron chi connectivity index (χ2n) is 6.69. The van der Waals surface area contributed by atoms with Gasteiger partial charge in [-0.2, -0.15) is 0 Å². The van der Waals surface area contributed by atoms with E-state index in [9.17, 15) is 9.59 Å². The minimum atomic E-state index is -0.216. The molecule has 2 saturated carbocycles. The highest BCUT2D eigenvalue weighted by Gasteiger charge is 2.51. The number of carbonyl (C=O) groups is 2. The third kappa shape index (κ3) is 2.86. The van der Waals surface area contributed by atoms with Gasteiger partial charge < -0.3 is 18.9 Å². The summed E-state index contributed by atoms with van der Waals surface area (Å²) in [5.41, 5.74) is 0. The van der Waals surface area contributed by atoms with Crippen LogP contribution in [0.25, 0.3) is 0 Å². The van der Waals surface area contributed by atoms with Crippen molar-refractivity contribution in [1.82, 2.24) is 0 Å². The molecule has 4 fully saturated rings. The van der Waals surface area contributed by atoms with Gasteiger partial charge in [0, 0.05) is 0 Å². The standard InChI is InChI=1S/C16H22O6/c17-15(9-3-1-5-11-13(9)21-11)19-7-8-20-16(18)10-4-2-6-12-14(10)22-12/h9-14H,1-8H2. The van der Waals surface area contributed by atoms with E-state index in [1.165, 1.54) is 0 Å². The molecular weight excluding hydrogens is 288 g/mol. The number of ether oxygens (including phenoxy) is 4. The topological polar surface area (TPSA) is 77.7 Å². The van der Waals surface area contributed by atoms with Crippen molar-refractivity contribution in [3.63, 3.8) is 0 Å². The van der Waals surface area contributed by atoms with Gasteiger partial charge in [0.1, 0.15) is 13.2 Å². The van der Waals surface area contributed by atoms with Crippen LogP contribution in [0.3, 0.4) is 0 Å². The highest BCUT2D eigenvalue weighted by atomic mass is 16.6. The summed E-state index contributed by atoms with van der Waals surface area (Å²) >= 11 is 0. The maximum Gasteiger partial charge on any atom is 0.311 e. The van der Waals surface area contributed by atoms with Crippen LogP contribution in [0.4, 0.5) is 0 Å². The molecule has 4 aliphatic rings. The predicted molar refractivity (Wildman–Crippen MR) is 73.9 cm³/mol. The fourth-order valence-electron chi connectivity index (χ4n) is 3.89. The Morgan fingerprint density at radius 2 is 1.23 bits per heavy atom. The Labute approximate surface area is 129 Å². The number of epoxide rings is 2. The predicted octanol–water partition coefficient (Wildman–Crippen LogP) is 1.21. The first-order valence-corrected chi connectivity index (χ1v) is 8.38. The van der Waals surface area contributed by atoms with Gasteiger partial charge in [-0.15, -0.1) is 0 Å². The number of carbonyl (C=O) groups excluding carboxylic acids is 2. The Balaban J connectivity index is 1.15. The van der Waals surface area contributed by atoms with Crippen molar-refractivity contribution in [2.24, 2.45) is 11.8 Å². The minimum absolute atomic E-state index is 0.0648. The lowest BCUT2D eigenvalue weighted by atomic mass is 9.89. The fourth-order valence-corrected chi connectivity index (χ4v) is 3.89. The van der Waals surface area contributed by atoms with Crippen molar-refractivity contribution in [2.75, 3.05) is 13.2 Å². The number of hydrogen-bond donors (Lipinski definition) is 0. The highest BCUT2D eigenvalue weighted by Crippen LogP contribution is 2.42. The van der Waals surface area contributed by atoms with Crippen molar-refractivity contribution >= 4 is 11.9 Å². The molecule has 4 rings (SSSR count). The molecular formula is C16H22O6. The van der Waals surface area contributed by atoms with Gasteiger partial charge in [0.15, 0.2) is 0 Å². The van der Waals surface area contributed by atoms with E-state index in [-0.39, 0.29) is 61.4 Å². The number of hydrogen-bond acceptors (Lipinski definition) is 6. The van der Waals surface area contributed by atoms with E-state index in [0.717, 1.165) is 38.5 Å². The average molecular weight is 310 g/mol.